The number of hydrogen-bond acceptors (Lipinski definition) is 5. The van der Waals surface area contributed by atoms with Crippen LogP contribution in [0.4, 0.5) is 17.6 Å². The van der Waals surface area contributed by atoms with E-state index in [1.165, 1.54) is 25.4 Å². The third-order valence-corrected chi connectivity index (χ3v) is 5.51. The van der Waals surface area contributed by atoms with Crippen molar-refractivity contribution in [3.8, 4) is 11.5 Å². The first kappa shape index (κ1) is 27.2. The van der Waals surface area contributed by atoms with E-state index in [0.717, 1.165) is 6.07 Å². The van der Waals surface area contributed by atoms with Gasteiger partial charge in [-0.2, -0.15) is 17.6 Å². The van der Waals surface area contributed by atoms with Crippen molar-refractivity contribution in [3.63, 3.8) is 0 Å². The fourth-order valence-corrected chi connectivity index (χ4v) is 3.74. The van der Waals surface area contributed by atoms with Gasteiger partial charge in [-0.15, -0.1) is 0 Å². The third kappa shape index (κ3) is 7.82. The van der Waals surface area contributed by atoms with Crippen LogP contribution in [0.2, 0.25) is 5.02 Å². The van der Waals surface area contributed by atoms with Crippen LogP contribution in [-0.2, 0) is 11.2 Å². The van der Waals surface area contributed by atoms with Crippen LogP contribution in [0, 0.1) is 0 Å². The minimum absolute atomic E-state index is 0.322. The lowest BCUT2D eigenvalue weighted by Gasteiger charge is -2.26. The van der Waals surface area contributed by atoms with E-state index < -0.39 is 36.8 Å². The summed E-state index contributed by atoms with van der Waals surface area (Å²) < 4.78 is 60.3. The molecule has 6 nitrogen and oxygen atoms in total. The molecule has 0 radical (unpaired) electrons. The van der Waals surface area contributed by atoms with Crippen molar-refractivity contribution in [1.29, 1.82) is 0 Å². The van der Waals surface area contributed by atoms with Gasteiger partial charge in [0.2, 0.25) is 5.91 Å². The number of nitrogens with one attached hydrogen (secondary N) is 2. The fourth-order valence-electron chi connectivity index (χ4n) is 3.63. The molecule has 0 aliphatic heterocycles. The molecular weight excluding hydrogens is 502 g/mol. The highest BCUT2D eigenvalue weighted by Crippen LogP contribution is 2.35. The van der Waals surface area contributed by atoms with Crippen molar-refractivity contribution in [2.24, 2.45) is 0 Å². The maximum Gasteiger partial charge on any atom is 0.387 e. The highest BCUT2D eigenvalue weighted by Gasteiger charge is 2.26. The van der Waals surface area contributed by atoms with E-state index in [0.29, 0.717) is 34.7 Å². The Morgan fingerprint density at radius 2 is 1.64 bits per heavy atom. The average Bonchev–Trinajstić information content (AvgIpc) is 2.86. The monoisotopic (exact) mass is 525 g/mol. The Balaban J connectivity index is 1.97. The van der Waals surface area contributed by atoms with Crippen LogP contribution in [0.5, 0.6) is 11.5 Å². The Kier molecular flexibility index (Phi) is 9.89. The molecule has 1 aromatic heterocycles. The van der Waals surface area contributed by atoms with Crippen LogP contribution in [0.15, 0.2) is 66.9 Å². The summed E-state index contributed by atoms with van der Waals surface area (Å²) in [5.74, 6) is -1.40. The van der Waals surface area contributed by atoms with Crippen molar-refractivity contribution in [2.75, 3.05) is 7.05 Å². The zero-order chi connectivity index (χ0) is 26.1. The molecule has 0 aliphatic rings. The molecule has 192 valence electrons. The van der Waals surface area contributed by atoms with Crippen LogP contribution < -0.4 is 20.1 Å². The van der Waals surface area contributed by atoms with E-state index >= 15 is 0 Å². The van der Waals surface area contributed by atoms with Crippen molar-refractivity contribution >= 4 is 17.5 Å². The number of amides is 1. The summed E-state index contributed by atoms with van der Waals surface area (Å²) in [4.78, 5) is 17.0. The Bertz CT molecular complexity index is 1120. The number of carbonyl (C=O) groups is 1. The molecule has 3 aromatic rings. The zero-order valence-corrected chi connectivity index (χ0v) is 19.9. The van der Waals surface area contributed by atoms with Crippen LogP contribution in [-0.4, -0.2) is 31.2 Å². The number of aromatic nitrogens is 1. The Morgan fingerprint density at radius 1 is 0.944 bits per heavy atom. The van der Waals surface area contributed by atoms with Gasteiger partial charge in [-0.25, -0.2) is 0 Å². The molecule has 0 fully saturated rings. The Hall–Kier alpha value is -3.37. The van der Waals surface area contributed by atoms with Crippen LogP contribution >= 0.6 is 11.6 Å². The lowest BCUT2D eigenvalue weighted by Crippen LogP contribution is -2.38. The van der Waals surface area contributed by atoms with Gasteiger partial charge in [0.1, 0.15) is 6.04 Å². The van der Waals surface area contributed by atoms with E-state index in [-0.39, 0.29) is 5.91 Å². The summed E-state index contributed by atoms with van der Waals surface area (Å²) in [7, 11) is 1.50. The molecule has 1 amide bonds. The number of rotatable bonds is 12. The summed E-state index contributed by atoms with van der Waals surface area (Å²) in [6.45, 7) is -6.48. The molecule has 0 saturated carbocycles. The second-order valence-corrected chi connectivity index (χ2v) is 8.08. The number of aryl methyl sites for hydroxylation is 1. The molecule has 0 spiro atoms. The summed E-state index contributed by atoms with van der Waals surface area (Å²) in [6, 6.07) is 14.8. The van der Waals surface area contributed by atoms with Crippen molar-refractivity contribution in [2.45, 2.75) is 38.1 Å². The molecule has 1 heterocycles. The maximum absolute atomic E-state index is 13.0. The average molecular weight is 526 g/mol. The van der Waals surface area contributed by atoms with Gasteiger partial charge >= 0.3 is 13.2 Å². The van der Waals surface area contributed by atoms with Crippen molar-refractivity contribution in [3.05, 3.63) is 88.7 Å². The molecule has 36 heavy (non-hydrogen) atoms. The Labute approximate surface area is 210 Å². The van der Waals surface area contributed by atoms with Gasteiger partial charge < -0.3 is 14.8 Å². The second kappa shape index (κ2) is 13.1. The number of ether oxygens (including phenoxy) is 2. The highest BCUT2D eigenvalue weighted by atomic mass is 35.5. The number of nitrogens with zero attached hydrogens (tertiary/aromatic N) is 1. The molecule has 2 N–H and O–H groups in total. The van der Waals surface area contributed by atoms with Gasteiger partial charge in [0.25, 0.3) is 0 Å². The van der Waals surface area contributed by atoms with Gasteiger partial charge in [-0.1, -0.05) is 48.0 Å². The number of halogens is 5. The number of benzene rings is 2. The van der Waals surface area contributed by atoms with Crippen LogP contribution in [0.3, 0.4) is 0 Å². The number of alkyl halides is 4. The lowest BCUT2D eigenvalue weighted by molar-refractivity contribution is -0.123. The van der Waals surface area contributed by atoms with Gasteiger partial charge in [-0.3, -0.25) is 15.1 Å². The number of likely N-dealkylation sites (N-methyl/N-ethyl adjacent to an activating group) is 1. The molecular formula is C25H24ClF4N3O3. The predicted octanol–water partition coefficient (Wildman–Crippen LogP) is 5.69. The van der Waals surface area contributed by atoms with Crippen molar-refractivity contribution in [1.82, 2.24) is 15.6 Å². The summed E-state index contributed by atoms with van der Waals surface area (Å²) in [5, 5.41) is 6.35. The number of carbonyl (C=O) groups excluding carboxylic acids is 1. The smallest absolute Gasteiger partial charge is 0.387 e. The highest BCUT2D eigenvalue weighted by molar-refractivity contribution is 6.30. The van der Waals surface area contributed by atoms with Crippen molar-refractivity contribution < 1.29 is 31.8 Å². The molecule has 0 saturated heterocycles. The molecule has 0 unspecified atom stereocenters. The normalized spacial score (nSPS) is 12.9. The van der Waals surface area contributed by atoms with E-state index in [2.05, 4.69) is 25.1 Å². The van der Waals surface area contributed by atoms with Gasteiger partial charge in [0, 0.05) is 25.0 Å². The first-order valence-corrected chi connectivity index (χ1v) is 11.3. The maximum atomic E-state index is 13.0. The largest absolute Gasteiger partial charge is 0.431 e. The molecule has 0 bridgehead atoms. The summed E-state index contributed by atoms with van der Waals surface area (Å²) in [6.07, 6.45) is 2.31. The van der Waals surface area contributed by atoms with E-state index in [4.69, 9.17) is 11.6 Å². The van der Waals surface area contributed by atoms with E-state index in [9.17, 15) is 22.4 Å². The van der Waals surface area contributed by atoms with E-state index in [1.54, 1.807) is 36.4 Å². The number of hydrogen-bond donors (Lipinski definition) is 2. The minimum atomic E-state index is -3.26. The molecule has 11 heteroatoms. The molecule has 2 atom stereocenters. The zero-order valence-electron chi connectivity index (χ0n) is 19.1. The standard InChI is InChI=1S/C25H24ClF4N3O3/c1-31-23(34)22(15-5-3-2-4-6-15)33-19(11-10-18-9-8-17(26)14-32-18)16-7-12-20(35-24(27)28)21(13-16)36-25(29)30/h2-9,12-14,19,22,24-25,33H,10-11H2,1H3,(H,31,34)/t19-,22+/m1/s1. The van der Waals surface area contributed by atoms with Gasteiger partial charge in [0.05, 0.1) is 5.02 Å². The Morgan fingerprint density at radius 3 is 2.25 bits per heavy atom. The molecule has 3 rings (SSSR count). The fraction of sp³-hybridized carbons (Fsp3) is 0.280. The first-order chi connectivity index (χ1) is 17.3. The minimum Gasteiger partial charge on any atom is -0.431 e. The molecule has 0 aliphatic carbocycles. The van der Waals surface area contributed by atoms with Gasteiger partial charge in [-0.05, 0) is 48.2 Å². The van der Waals surface area contributed by atoms with Crippen LogP contribution in [0.1, 0.15) is 35.3 Å². The third-order valence-electron chi connectivity index (χ3n) is 5.29. The quantitative estimate of drug-likeness (QED) is 0.297. The summed E-state index contributed by atoms with van der Waals surface area (Å²) in [5.41, 5.74) is 1.81. The molecule has 2 aromatic carbocycles. The summed E-state index contributed by atoms with van der Waals surface area (Å²) >= 11 is 5.91. The topological polar surface area (TPSA) is 72.5 Å². The lowest BCUT2D eigenvalue weighted by atomic mass is 9.97. The SMILES string of the molecule is CNC(=O)[C@@H](N[C@H](CCc1ccc(Cl)cn1)c1ccc(OC(F)F)c(OC(F)F)c1)c1ccccc1. The van der Waals surface area contributed by atoms with E-state index in [1.807, 2.05) is 6.07 Å². The number of pyridine rings is 1. The van der Waals surface area contributed by atoms with Gasteiger partial charge in [0.15, 0.2) is 11.5 Å². The van der Waals surface area contributed by atoms with Crippen LogP contribution in [0.25, 0.3) is 0 Å². The predicted molar refractivity (Wildman–Crippen MR) is 126 cm³/mol. The first-order valence-electron chi connectivity index (χ1n) is 10.9. The second-order valence-electron chi connectivity index (χ2n) is 7.65.